The summed E-state index contributed by atoms with van der Waals surface area (Å²) in [5.41, 5.74) is 1.63. The van der Waals surface area contributed by atoms with Gasteiger partial charge < -0.3 is 4.74 Å². The number of rotatable bonds is 7. The molecule has 0 saturated heterocycles. The van der Waals surface area contributed by atoms with Crippen LogP contribution in [0.1, 0.15) is 46.1 Å². The van der Waals surface area contributed by atoms with Crippen molar-refractivity contribution in [2.75, 3.05) is 11.9 Å². The van der Waals surface area contributed by atoms with E-state index in [1.54, 1.807) is 0 Å². The number of halogens is 1. The van der Waals surface area contributed by atoms with E-state index in [9.17, 15) is 0 Å². The van der Waals surface area contributed by atoms with Gasteiger partial charge in [-0.25, -0.2) is 0 Å². The van der Waals surface area contributed by atoms with Crippen LogP contribution in [0.25, 0.3) is 0 Å². The van der Waals surface area contributed by atoms with E-state index in [1.807, 2.05) is 0 Å². The van der Waals surface area contributed by atoms with Crippen molar-refractivity contribution in [1.29, 1.82) is 0 Å². The molecule has 0 aliphatic carbocycles. The van der Waals surface area contributed by atoms with Crippen LogP contribution in [0.2, 0.25) is 0 Å². The minimum absolute atomic E-state index is 0.250. The Morgan fingerprint density at radius 3 is 2.22 bits per heavy atom. The first kappa shape index (κ1) is 15.6. The number of hydrogen-bond acceptors (Lipinski definition) is 1. The highest BCUT2D eigenvalue weighted by Crippen LogP contribution is 2.28. The summed E-state index contributed by atoms with van der Waals surface area (Å²) in [5.74, 6) is 1.57. The fraction of sp³-hybridized carbons (Fsp3) is 0.625. The Labute approximate surface area is 120 Å². The van der Waals surface area contributed by atoms with Gasteiger partial charge in [-0.15, -0.1) is 0 Å². The van der Waals surface area contributed by atoms with Gasteiger partial charge in [0.15, 0.2) is 0 Å². The number of hydrogen-bond donors (Lipinski definition) is 0. The van der Waals surface area contributed by atoms with E-state index in [0.29, 0.717) is 5.92 Å². The van der Waals surface area contributed by atoms with Gasteiger partial charge in [0.1, 0.15) is 5.75 Å². The van der Waals surface area contributed by atoms with Crippen LogP contribution in [0.15, 0.2) is 24.3 Å². The lowest BCUT2D eigenvalue weighted by atomic mass is 9.82. The monoisotopic (exact) mass is 312 g/mol. The average molecular weight is 313 g/mol. The van der Waals surface area contributed by atoms with Crippen molar-refractivity contribution in [2.45, 2.75) is 46.0 Å². The molecule has 0 saturated carbocycles. The van der Waals surface area contributed by atoms with Crippen LogP contribution in [-0.4, -0.2) is 11.9 Å². The Morgan fingerprint density at radius 1 is 1.17 bits per heavy atom. The molecule has 0 bridgehead atoms. The highest BCUT2D eigenvalue weighted by atomic mass is 79.9. The summed E-state index contributed by atoms with van der Waals surface area (Å²) in [5, 5.41) is 1.00. The number of ether oxygens (including phenoxy) is 1. The summed E-state index contributed by atoms with van der Waals surface area (Å²) in [7, 11) is 0. The van der Waals surface area contributed by atoms with E-state index in [-0.39, 0.29) is 5.41 Å². The van der Waals surface area contributed by atoms with Gasteiger partial charge in [0.25, 0.3) is 0 Å². The molecular weight excluding hydrogens is 288 g/mol. The molecule has 1 aromatic rings. The van der Waals surface area contributed by atoms with E-state index in [4.69, 9.17) is 4.74 Å². The van der Waals surface area contributed by atoms with Crippen molar-refractivity contribution in [3.05, 3.63) is 29.8 Å². The molecule has 0 amide bonds. The molecule has 1 rings (SSSR count). The third kappa shape index (κ3) is 4.31. The summed E-state index contributed by atoms with van der Waals surface area (Å²) in [6.45, 7) is 9.77. The van der Waals surface area contributed by atoms with E-state index in [1.165, 1.54) is 5.56 Å². The first-order chi connectivity index (χ1) is 8.53. The van der Waals surface area contributed by atoms with E-state index < -0.39 is 0 Å². The molecule has 1 aromatic carbocycles. The molecule has 0 aliphatic heterocycles. The second-order valence-corrected chi connectivity index (χ2v) is 6.15. The first-order valence-electron chi connectivity index (χ1n) is 6.82. The minimum atomic E-state index is 0.250. The molecule has 0 fully saturated rings. The van der Waals surface area contributed by atoms with Gasteiger partial charge in [0.05, 0.1) is 6.61 Å². The Hall–Kier alpha value is -0.500. The summed E-state index contributed by atoms with van der Waals surface area (Å²) in [4.78, 5) is 0. The third-order valence-electron chi connectivity index (χ3n) is 3.80. The average Bonchev–Trinajstić information content (AvgIpc) is 2.40. The highest BCUT2D eigenvalue weighted by molar-refractivity contribution is 9.09. The fourth-order valence-corrected chi connectivity index (χ4v) is 2.34. The zero-order valence-corrected chi connectivity index (χ0v) is 13.6. The van der Waals surface area contributed by atoms with Gasteiger partial charge in [-0.05, 0) is 36.0 Å². The van der Waals surface area contributed by atoms with Crippen LogP contribution in [0.3, 0.4) is 0 Å². The zero-order valence-electron chi connectivity index (χ0n) is 12.0. The van der Waals surface area contributed by atoms with Crippen LogP contribution >= 0.6 is 15.9 Å². The molecule has 0 heterocycles. The molecule has 0 spiro atoms. The normalized spacial score (nSPS) is 13.4. The molecule has 1 unspecified atom stereocenters. The van der Waals surface area contributed by atoms with Crippen molar-refractivity contribution in [3.8, 4) is 5.75 Å². The maximum absolute atomic E-state index is 5.82. The Bertz CT molecular complexity index is 339. The molecule has 2 heteroatoms. The summed E-state index contributed by atoms with van der Waals surface area (Å²) in [6.07, 6.45) is 2.29. The van der Waals surface area contributed by atoms with Crippen LogP contribution in [0, 0.1) is 5.92 Å². The second-order valence-electron chi connectivity index (χ2n) is 5.50. The minimum Gasteiger partial charge on any atom is -0.493 e. The van der Waals surface area contributed by atoms with Gasteiger partial charge in [-0.1, -0.05) is 55.8 Å². The van der Waals surface area contributed by atoms with Crippen LogP contribution in [0.4, 0.5) is 0 Å². The first-order valence-corrected chi connectivity index (χ1v) is 7.95. The SMILES string of the molecule is CCC(CBr)COc1ccc(C(C)(C)CC)cc1. The lowest BCUT2D eigenvalue weighted by molar-refractivity contribution is 0.260. The molecule has 0 N–H and O–H groups in total. The molecule has 1 nitrogen and oxygen atoms in total. The highest BCUT2D eigenvalue weighted by Gasteiger charge is 2.17. The van der Waals surface area contributed by atoms with E-state index in [2.05, 4.69) is 67.9 Å². The van der Waals surface area contributed by atoms with Crippen molar-refractivity contribution in [2.24, 2.45) is 5.92 Å². The Kier molecular flexibility index (Phi) is 6.20. The van der Waals surface area contributed by atoms with Crippen LogP contribution in [-0.2, 0) is 5.41 Å². The summed E-state index contributed by atoms with van der Waals surface area (Å²) < 4.78 is 5.82. The quantitative estimate of drug-likeness (QED) is 0.631. The molecule has 102 valence electrons. The van der Waals surface area contributed by atoms with Crippen LogP contribution < -0.4 is 4.74 Å². The summed E-state index contributed by atoms with van der Waals surface area (Å²) in [6, 6.07) is 8.56. The lowest BCUT2D eigenvalue weighted by Crippen LogP contribution is -2.15. The van der Waals surface area contributed by atoms with Crippen molar-refractivity contribution >= 4 is 15.9 Å². The Morgan fingerprint density at radius 2 is 1.78 bits per heavy atom. The topological polar surface area (TPSA) is 9.23 Å². The maximum atomic E-state index is 5.82. The predicted molar refractivity (Wildman–Crippen MR) is 82.8 cm³/mol. The van der Waals surface area contributed by atoms with Gasteiger partial charge >= 0.3 is 0 Å². The van der Waals surface area contributed by atoms with Gasteiger partial charge in [-0.2, -0.15) is 0 Å². The molecular formula is C16H25BrO. The van der Waals surface area contributed by atoms with E-state index in [0.717, 1.165) is 30.5 Å². The molecule has 0 aliphatic rings. The number of benzene rings is 1. The number of alkyl halides is 1. The van der Waals surface area contributed by atoms with Crippen molar-refractivity contribution < 1.29 is 4.74 Å². The fourth-order valence-electron chi connectivity index (χ4n) is 1.69. The largest absolute Gasteiger partial charge is 0.493 e. The molecule has 0 radical (unpaired) electrons. The summed E-state index contributed by atoms with van der Waals surface area (Å²) >= 11 is 3.52. The van der Waals surface area contributed by atoms with Gasteiger partial charge in [0, 0.05) is 11.2 Å². The molecule has 0 aromatic heterocycles. The smallest absolute Gasteiger partial charge is 0.119 e. The maximum Gasteiger partial charge on any atom is 0.119 e. The molecule has 1 atom stereocenters. The van der Waals surface area contributed by atoms with Crippen LogP contribution in [0.5, 0.6) is 5.75 Å². The second kappa shape index (κ2) is 7.18. The van der Waals surface area contributed by atoms with Crippen molar-refractivity contribution in [1.82, 2.24) is 0 Å². The zero-order chi connectivity index (χ0) is 13.6. The molecule has 18 heavy (non-hydrogen) atoms. The standard InChI is InChI=1S/C16H25BrO/c1-5-13(11-17)12-18-15-9-7-14(8-10-15)16(3,4)6-2/h7-10,13H,5-6,11-12H2,1-4H3. The van der Waals surface area contributed by atoms with Gasteiger partial charge in [0.2, 0.25) is 0 Å². The predicted octanol–water partition coefficient (Wildman–Crippen LogP) is 5.17. The van der Waals surface area contributed by atoms with E-state index >= 15 is 0 Å². The van der Waals surface area contributed by atoms with Crippen molar-refractivity contribution in [3.63, 3.8) is 0 Å². The lowest BCUT2D eigenvalue weighted by Gasteiger charge is -2.23. The third-order valence-corrected chi connectivity index (χ3v) is 4.72. The Balaban J connectivity index is 2.61. The van der Waals surface area contributed by atoms with Gasteiger partial charge in [-0.3, -0.25) is 0 Å².